The average Bonchev–Trinajstić information content (AvgIpc) is 2.97. The van der Waals surface area contributed by atoms with E-state index in [1.165, 1.54) is 5.56 Å². The minimum atomic E-state index is 0.269. The summed E-state index contributed by atoms with van der Waals surface area (Å²) in [5, 5.41) is 4.09. The van der Waals surface area contributed by atoms with Crippen LogP contribution < -0.4 is 5.32 Å². The fraction of sp³-hybridized carbons (Fsp3) is 0.533. The van der Waals surface area contributed by atoms with E-state index in [-0.39, 0.29) is 6.04 Å². The predicted octanol–water partition coefficient (Wildman–Crippen LogP) is 2.73. The number of benzene rings is 1. The van der Waals surface area contributed by atoms with Crippen LogP contribution in [0.3, 0.4) is 0 Å². The summed E-state index contributed by atoms with van der Waals surface area (Å²) in [6.45, 7) is 3.86. The van der Waals surface area contributed by atoms with Crippen molar-refractivity contribution < 1.29 is 4.74 Å². The van der Waals surface area contributed by atoms with Gasteiger partial charge in [-0.1, -0.05) is 30.3 Å². The van der Waals surface area contributed by atoms with Gasteiger partial charge in [0.15, 0.2) is 5.11 Å². The third-order valence-electron chi connectivity index (χ3n) is 3.69. The van der Waals surface area contributed by atoms with Gasteiger partial charge in [-0.25, -0.2) is 0 Å². The number of hydrogen-bond acceptors (Lipinski definition) is 2. The molecule has 1 aliphatic rings. The molecular weight excluding hydrogens is 256 g/mol. The first kappa shape index (κ1) is 14.3. The third-order valence-corrected chi connectivity index (χ3v) is 4.12. The maximum Gasteiger partial charge on any atom is 0.169 e. The first-order valence-electron chi connectivity index (χ1n) is 6.85. The first-order valence-corrected chi connectivity index (χ1v) is 7.26. The Kier molecular flexibility index (Phi) is 5.16. The zero-order valence-electron chi connectivity index (χ0n) is 11.6. The number of nitrogens with one attached hydrogen (secondary N) is 1. The molecule has 0 unspecified atom stereocenters. The molecule has 1 aliphatic heterocycles. The summed E-state index contributed by atoms with van der Waals surface area (Å²) in [5.41, 5.74) is 1.27. The van der Waals surface area contributed by atoms with Crippen molar-refractivity contribution in [2.75, 3.05) is 20.2 Å². The van der Waals surface area contributed by atoms with Crippen LogP contribution in [-0.2, 0) is 4.74 Å². The van der Waals surface area contributed by atoms with Gasteiger partial charge in [0.1, 0.15) is 0 Å². The van der Waals surface area contributed by atoms with E-state index >= 15 is 0 Å². The summed E-state index contributed by atoms with van der Waals surface area (Å²) < 4.78 is 5.59. The van der Waals surface area contributed by atoms with Gasteiger partial charge in [0.2, 0.25) is 0 Å². The van der Waals surface area contributed by atoms with Crippen molar-refractivity contribution in [1.29, 1.82) is 0 Å². The van der Waals surface area contributed by atoms with E-state index in [1.807, 2.05) is 13.1 Å². The van der Waals surface area contributed by atoms with Crippen LogP contribution in [0.4, 0.5) is 0 Å². The lowest BCUT2D eigenvalue weighted by molar-refractivity contribution is 0.113. The van der Waals surface area contributed by atoms with E-state index in [4.69, 9.17) is 17.0 Å². The molecule has 1 heterocycles. The second-order valence-electron chi connectivity index (χ2n) is 5.02. The molecule has 1 aromatic carbocycles. The number of nitrogens with zero attached hydrogens (tertiary/aromatic N) is 1. The second-order valence-corrected chi connectivity index (χ2v) is 5.41. The Balaban J connectivity index is 1.84. The normalized spacial score (nSPS) is 20.0. The van der Waals surface area contributed by atoms with E-state index in [0.29, 0.717) is 6.10 Å². The molecule has 1 N–H and O–H groups in total. The lowest BCUT2D eigenvalue weighted by Gasteiger charge is -2.28. The van der Waals surface area contributed by atoms with E-state index in [9.17, 15) is 0 Å². The quantitative estimate of drug-likeness (QED) is 0.856. The van der Waals surface area contributed by atoms with E-state index in [2.05, 4.69) is 41.4 Å². The molecule has 4 heteroatoms. The number of thiocarbonyl (C=S) groups is 1. The molecule has 0 aliphatic carbocycles. The molecule has 1 fully saturated rings. The zero-order chi connectivity index (χ0) is 13.7. The Morgan fingerprint density at radius 1 is 1.47 bits per heavy atom. The van der Waals surface area contributed by atoms with Crippen LogP contribution in [0.1, 0.15) is 31.4 Å². The Morgan fingerprint density at radius 3 is 2.84 bits per heavy atom. The summed E-state index contributed by atoms with van der Waals surface area (Å²) in [6.07, 6.45) is 2.61. The molecule has 2 rings (SSSR count). The van der Waals surface area contributed by atoms with Crippen LogP contribution in [0.5, 0.6) is 0 Å². The Hall–Kier alpha value is -1.13. The second kappa shape index (κ2) is 6.87. The van der Waals surface area contributed by atoms with E-state index < -0.39 is 0 Å². The van der Waals surface area contributed by atoms with Crippen molar-refractivity contribution in [1.82, 2.24) is 10.2 Å². The van der Waals surface area contributed by atoms with Gasteiger partial charge in [-0.15, -0.1) is 0 Å². The molecule has 2 atom stereocenters. The highest BCUT2D eigenvalue weighted by atomic mass is 32.1. The van der Waals surface area contributed by atoms with Crippen molar-refractivity contribution in [2.24, 2.45) is 0 Å². The van der Waals surface area contributed by atoms with Gasteiger partial charge in [0.05, 0.1) is 12.1 Å². The lowest BCUT2D eigenvalue weighted by atomic mass is 10.1. The highest BCUT2D eigenvalue weighted by Crippen LogP contribution is 2.18. The number of rotatable bonds is 4. The first-order chi connectivity index (χ1) is 9.18. The minimum Gasteiger partial charge on any atom is -0.376 e. The summed E-state index contributed by atoms with van der Waals surface area (Å²) in [5.74, 6) is 0. The molecule has 0 spiro atoms. The van der Waals surface area contributed by atoms with Gasteiger partial charge in [-0.2, -0.15) is 0 Å². The van der Waals surface area contributed by atoms with Crippen LogP contribution in [0.2, 0.25) is 0 Å². The maximum absolute atomic E-state index is 5.59. The highest BCUT2D eigenvalue weighted by Gasteiger charge is 2.18. The van der Waals surface area contributed by atoms with Crippen LogP contribution in [-0.4, -0.2) is 36.3 Å². The maximum atomic E-state index is 5.59. The van der Waals surface area contributed by atoms with Crippen LogP contribution in [0, 0.1) is 0 Å². The summed E-state index contributed by atoms with van der Waals surface area (Å²) in [7, 11) is 2.03. The number of ether oxygens (including phenoxy) is 1. The van der Waals surface area contributed by atoms with E-state index in [0.717, 1.165) is 31.1 Å². The SMILES string of the molecule is C[C@@H](c1ccccc1)N(C)C(=S)NC[C@H]1CCCO1. The largest absolute Gasteiger partial charge is 0.376 e. The monoisotopic (exact) mass is 278 g/mol. The molecule has 104 valence electrons. The molecule has 0 saturated carbocycles. The fourth-order valence-corrected chi connectivity index (χ4v) is 2.50. The summed E-state index contributed by atoms with van der Waals surface area (Å²) >= 11 is 5.45. The molecule has 1 saturated heterocycles. The smallest absolute Gasteiger partial charge is 0.169 e. The third kappa shape index (κ3) is 3.91. The minimum absolute atomic E-state index is 0.269. The molecule has 0 radical (unpaired) electrons. The van der Waals surface area contributed by atoms with Crippen molar-refractivity contribution in [2.45, 2.75) is 31.9 Å². The lowest BCUT2D eigenvalue weighted by Crippen LogP contribution is -2.41. The van der Waals surface area contributed by atoms with Crippen molar-refractivity contribution in [3.63, 3.8) is 0 Å². The molecule has 0 amide bonds. The Labute approximate surface area is 120 Å². The molecule has 19 heavy (non-hydrogen) atoms. The summed E-state index contributed by atoms with van der Waals surface area (Å²) in [4.78, 5) is 2.10. The Morgan fingerprint density at radius 2 is 2.21 bits per heavy atom. The molecular formula is C15H22N2OS. The number of hydrogen-bond donors (Lipinski definition) is 1. The van der Waals surface area contributed by atoms with Gasteiger partial charge in [0, 0.05) is 20.2 Å². The van der Waals surface area contributed by atoms with Crippen molar-refractivity contribution in [3.05, 3.63) is 35.9 Å². The van der Waals surface area contributed by atoms with E-state index in [1.54, 1.807) is 0 Å². The zero-order valence-corrected chi connectivity index (χ0v) is 12.5. The van der Waals surface area contributed by atoms with Crippen molar-refractivity contribution in [3.8, 4) is 0 Å². The Bertz CT molecular complexity index is 404. The van der Waals surface area contributed by atoms with Gasteiger partial charge in [0.25, 0.3) is 0 Å². The van der Waals surface area contributed by atoms with Crippen molar-refractivity contribution >= 4 is 17.3 Å². The van der Waals surface area contributed by atoms with Crippen LogP contribution in [0.25, 0.3) is 0 Å². The standard InChI is InChI=1S/C15H22N2OS/c1-12(13-7-4-3-5-8-13)17(2)15(19)16-11-14-9-6-10-18-14/h3-5,7-8,12,14H,6,9-11H2,1-2H3,(H,16,19)/t12-,14+/m0/s1. The highest BCUT2D eigenvalue weighted by molar-refractivity contribution is 7.80. The summed E-state index contributed by atoms with van der Waals surface area (Å²) in [6, 6.07) is 10.7. The van der Waals surface area contributed by atoms with Gasteiger partial charge < -0.3 is 15.0 Å². The predicted molar refractivity (Wildman–Crippen MR) is 82.2 cm³/mol. The van der Waals surface area contributed by atoms with Gasteiger partial charge >= 0.3 is 0 Å². The van der Waals surface area contributed by atoms with Gasteiger partial charge in [-0.05, 0) is 37.5 Å². The molecule has 3 nitrogen and oxygen atoms in total. The van der Waals surface area contributed by atoms with Crippen LogP contribution in [0.15, 0.2) is 30.3 Å². The molecule has 0 aromatic heterocycles. The molecule has 1 aromatic rings. The van der Waals surface area contributed by atoms with Gasteiger partial charge in [-0.3, -0.25) is 0 Å². The molecule has 0 bridgehead atoms. The average molecular weight is 278 g/mol. The van der Waals surface area contributed by atoms with Crippen LogP contribution >= 0.6 is 12.2 Å². The fourth-order valence-electron chi connectivity index (χ4n) is 2.26. The topological polar surface area (TPSA) is 24.5 Å².